The summed E-state index contributed by atoms with van der Waals surface area (Å²) in [6, 6.07) is 14.6. The maximum atomic E-state index is 13.7. The maximum Gasteiger partial charge on any atom is 0.247 e. The first-order valence-corrected chi connectivity index (χ1v) is 13.0. The molecule has 35 heavy (non-hydrogen) atoms. The third-order valence-corrected chi connectivity index (χ3v) is 6.53. The lowest BCUT2D eigenvalue weighted by Crippen LogP contribution is -2.48. The first-order chi connectivity index (χ1) is 16.9. The summed E-state index contributed by atoms with van der Waals surface area (Å²) >= 11 is 6.03. The first kappa shape index (κ1) is 26.9. The summed E-state index contributed by atoms with van der Waals surface area (Å²) in [5.41, 5.74) is 1.75. The predicted octanol–water partition coefficient (Wildman–Crippen LogP) is 5.28. The van der Waals surface area contributed by atoms with Gasteiger partial charge in [-0.1, -0.05) is 55.7 Å². The van der Waals surface area contributed by atoms with Crippen LogP contribution in [0.3, 0.4) is 0 Å². The molecule has 1 fully saturated rings. The lowest BCUT2D eigenvalue weighted by Gasteiger charge is -2.33. The second kappa shape index (κ2) is 13.4. The third-order valence-electron chi connectivity index (χ3n) is 6.30. The molecule has 1 saturated carbocycles. The number of carbonyl (C=O) groups is 2. The third kappa shape index (κ3) is 7.63. The fourth-order valence-electron chi connectivity index (χ4n) is 4.57. The van der Waals surface area contributed by atoms with Gasteiger partial charge >= 0.3 is 0 Å². The molecule has 0 unspecified atom stereocenters. The number of methoxy groups -OCH3 is 1. The van der Waals surface area contributed by atoms with E-state index < -0.39 is 6.04 Å². The molecule has 7 heteroatoms. The molecular formula is C28H37ClN2O4. The number of nitrogens with zero attached hydrogens (tertiary/aromatic N) is 1. The van der Waals surface area contributed by atoms with Gasteiger partial charge in [-0.25, -0.2) is 0 Å². The molecule has 1 aliphatic rings. The minimum atomic E-state index is -0.825. The van der Waals surface area contributed by atoms with Crippen LogP contribution in [0.1, 0.15) is 63.1 Å². The van der Waals surface area contributed by atoms with E-state index in [-0.39, 0.29) is 29.8 Å². The van der Waals surface area contributed by atoms with Crippen LogP contribution in [0.4, 0.5) is 0 Å². The molecule has 6 nitrogen and oxygen atoms in total. The zero-order chi connectivity index (χ0) is 25.2. The topological polar surface area (TPSA) is 67.9 Å². The summed E-state index contributed by atoms with van der Waals surface area (Å²) < 4.78 is 11.4. The number of alkyl halides is 1. The van der Waals surface area contributed by atoms with Crippen LogP contribution in [-0.2, 0) is 16.0 Å². The summed E-state index contributed by atoms with van der Waals surface area (Å²) in [6.45, 7) is 4.25. The molecule has 1 atom stereocenters. The smallest absolute Gasteiger partial charge is 0.247 e. The molecule has 2 amide bonds. The van der Waals surface area contributed by atoms with Gasteiger partial charge in [0.1, 0.15) is 11.9 Å². The maximum absolute atomic E-state index is 13.7. The molecule has 0 bridgehead atoms. The van der Waals surface area contributed by atoms with Gasteiger partial charge in [0.2, 0.25) is 11.8 Å². The van der Waals surface area contributed by atoms with Crippen LogP contribution in [0, 0.1) is 0 Å². The molecule has 0 saturated heterocycles. The number of carbonyl (C=O) groups excluding carboxylic acids is 2. The van der Waals surface area contributed by atoms with E-state index in [9.17, 15) is 9.59 Å². The molecule has 0 radical (unpaired) electrons. The fraction of sp³-hybridized carbons (Fsp3) is 0.500. The van der Waals surface area contributed by atoms with E-state index in [1.54, 1.807) is 24.1 Å². The monoisotopic (exact) mass is 500 g/mol. The van der Waals surface area contributed by atoms with Crippen LogP contribution in [-0.4, -0.2) is 48.4 Å². The number of rotatable bonds is 11. The van der Waals surface area contributed by atoms with Gasteiger partial charge < -0.3 is 19.7 Å². The van der Waals surface area contributed by atoms with Crippen molar-refractivity contribution in [2.45, 2.75) is 70.6 Å². The fourth-order valence-corrected chi connectivity index (χ4v) is 4.73. The van der Waals surface area contributed by atoms with E-state index in [0.717, 1.165) is 31.2 Å². The highest BCUT2D eigenvalue weighted by Gasteiger charge is 2.33. The van der Waals surface area contributed by atoms with Crippen molar-refractivity contribution < 1.29 is 19.1 Å². The Bertz CT molecular complexity index is 961. The van der Waals surface area contributed by atoms with Gasteiger partial charge in [-0.05, 0) is 56.4 Å². The Balaban J connectivity index is 1.95. The quantitative estimate of drug-likeness (QED) is 0.426. The van der Waals surface area contributed by atoms with Gasteiger partial charge in [0.05, 0.1) is 13.2 Å². The van der Waals surface area contributed by atoms with Gasteiger partial charge in [-0.3, -0.25) is 9.59 Å². The van der Waals surface area contributed by atoms with E-state index >= 15 is 0 Å². The molecule has 2 aromatic carbocycles. The Labute approximate surface area is 213 Å². The molecule has 3 rings (SSSR count). The Kier molecular flexibility index (Phi) is 10.3. The number of amides is 2. The minimum Gasteiger partial charge on any atom is -0.493 e. The lowest BCUT2D eigenvalue weighted by molar-refractivity contribution is -0.139. The Morgan fingerprint density at radius 1 is 1.06 bits per heavy atom. The van der Waals surface area contributed by atoms with Gasteiger partial charge in [0, 0.05) is 12.6 Å². The van der Waals surface area contributed by atoms with Crippen LogP contribution < -0.4 is 14.8 Å². The first-order valence-electron chi connectivity index (χ1n) is 12.5. The Morgan fingerprint density at radius 3 is 2.40 bits per heavy atom. The van der Waals surface area contributed by atoms with E-state index in [0.29, 0.717) is 30.0 Å². The predicted molar refractivity (Wildman–Crippen MR) is 139 cm³/mol. The molecule has 0 aromatic heterocycles. The average Bonchev–Trinajstić information content (AvgIpc) is 2.87. The molecular weight excluding hydrogens is 464 g/mol. The van der Waals surface area contributed by atoms with E-state index in [4.69, 9.17) is 21.1 Å². The molecule has 0 heterocycles. The van der Waals surface area contributed by atoms with Crippen LogP contribution in [0.15, 0.2) is 48.5 Å². The molecule has 1 aliphatic carbocycles. The van der Waals surface area contributed by atoms with Gasteiger partial charge in [-0.2, -0.15) is 0 Å². The van der Waals surface area contributed by atoms with Crippen LogP contribution >= 0.6 is 11.6 Å². The van der Waals surface area contributed by atoms with E-state index in [1.165, 1.54) is 6.42 Å². The highest BCUT2D eigenvalue weighted by atomic mass is 35.5. The Hall–Kier alpha value is -2.73. The van der Waals surface area contributed by atoms with Crippen molar-refractivity contribution in [1.82, 2.24) is 10.2 Å². The molecule has 190 valence electrons. The number of ether oxygens (including phenoxy) is 2. The summed E-state index contributed by atoms with van der Waals surface area (Å²) in [5, 5.41) is 3.21. The minimum absolute atomic E-state index is 0.0275. The van der Waals surface area contributed by atoms with Crippen molar-refractivity contribution in [3.8, 4) is 11.5 Å². The van der Waals surface area contributed by atoms with Crippen molar-refractivity contribution in [2.24, 2.45) is 0 Å². The second-order valence-electron chi connectivity index (χ2n) is 9.28. The van der Waals surface area contributed by atoms with Crippen LogP contribution in [0.5, 0.6) is 11.5 Å². The van der Waals surface area contributed by atoms with Crippen LogP contribution in [0.2, 0.25) is 0 Å². The van der Waals surface area contributed by atoms with Gasteiger partial charge in [0.15, 0.2) is 11.5 Å². The largest absolute Gasteiger partial charge is 0.493 e. The normalized spacial score (nSPS) is 14.9. The standard InChI is InChI=1S/C28H37ClN2O4/c1-20(2)35-24-15-14-22(18-25(24)34-3)27(28(33)30-23-12-8-5-9-13-23)31(26(32)19-29)17-16-21-10-6-4-7-11-21/h4,6-7,10-11,14-15,18,20,23,27H,5,8-9,12-13,16-17,19H2,1-3H3,(H,30,33)/t27-/m0/s1. The molecule has 2 aromatic rings. The molecule has 1 N–H and O–H groups in total. The SMILES string of the molecule is COc1cc([C@@H](C(=O)NC2CCCCC2)N(CCc2ccccc2)C(=O)CCl)ccc1OC(C)C. The zero-order valence-electron chi connectivity index (χ0n) is 21.0. The van der Waals surface area contributed by atoms with Crippen molar-refractivity contribution >= 4 is 23.4 Å². The number of halogens is 1. The summed E-state index contributed by atoms with van der Waals surface area (Å²) in [5.74, 6) is 0.439. The van der Waals surface area contributed by atoms with Crippen molar-refractivity contribution in [3.05, 3.63) is 59.7 Å². The molecule has 0 spiro atoms. The highest BCUT2D eigenvalue weighted by Crippen LogP contribution is 2.34. The van der Waals surface area contributed by atoms with E-state index in [1.807, 2.05) is 50.2 Å². The number of hydrogen-bond acceptors (Lipinski definition) is 4. The lowest BCUT2D eigenvalue weighted by atomic mass is 9.94. The van der Waals surface area contributed by atoms with E-state index in [2.05, 4.69) is 5.32 Å². The van der Waals surface area contributed by atoms with Crippen molar-refractivity contribution in [2.75, 3.05) is 19.5 Å². The van der Waals surface area contributed by atoms with Gasteiger partial charge in [0.25, 0.3) is 0 Å². The number of nitrogens with one attached hydrogen (secondary N) is 1. The van der Waals surface area contributed by atoms with Crippen molar-refractivity contribution in [1.29, 1.82) is 0 Å². The summed E-state index contributed by atoms with van der Waals surface area (Å²) in [7, 11) is 1.57. The highest BCUT2D eigenvalue weighted by molar-refractivity contribution is 6.27. The summed E-state index contributed by atoms with van der Waals surface area (Å²) in [6.07, 6.45) is 5.89. The van der Waals surface area contributed by atoms with Gasteiger partial charge in [-0.15, -0.1) is 11.6 Å². The Morgan fingerprint density at radius 2 is 1.77 bits per heavy atom. The average molecular weight is 501 g/mol. The van der Waals surface area contributed by atoms with Crippen molar-refractivity contribution in [3.63, 3.8) is 0 Å². The zero-order valence-corrected chi connectivity index (χ0v) is 21.7. The number of benzene rings is 2. The number of hydrogen-bond donors (Lipinski definition) is 1. The molecule has 0 aliphatic heterocycles. The van der Waals surface area contributed by atoms with Crippen LogP contribution in [0.25, 0.3) is 0 Å². The summed E-state index contributed by atoms with van der Waals surface area (Å²) in [4.78, 5) is 28.4. The second-order valence-corrected chi connectivity index (χ2v) is 9.55.